The van der Waals surface area contributed by atoms with Gasteiger partial charge in [0.05, 0.1) is 28.5 Å². The number of hydrogen-bond donors (Lipinski definition) is 1. The molecule has 1 aliphatic carbocycles. The normalized spacial score (nSPS) is 17.3. The summed E-state index contributed by atoms with van der Waals surface area (Å²) in [5.74, 6) is 1.38. The van der Waals surface area contributed by atoms with Gasteiger partial charge in [-0.05, 0) is 48.7 Å². The first-order valence-electron chi connectivity index (χ1n) is 10.3. The first-order chi connectivity index (χ1) is 14.7. The minimum absolute atomic E-state index is 0.137. The summed E-state index contributed by atoms with van der Waals surface area (Å²) in [5, 5.41) is 3.25. The smallest absolute Gasteiger partial charge is 0.244 e. The van der Waals surface area contributed by atoms with Gasteiger partial charge in [-0.15, -0.1) is 0 Å². The number of carbonyl (C=O) groups excluding carboxylic acids is 1. The van der Waals surface area contributed by atoms with E-state index in [1.54, 1.807) is 12.3 Å². The van der Waals surface area contributed by atoms with E-state index in [2.05, 4.69) is 15.3 Å². The molecule has 1 aromatic heterocycles. The second-order valence-corrected chi connectivity index (χ2v) is 7.75. The quantitative estimate of drug-likeness (QED) is 0.669. The molecule has 30 heavy (non-hydrogen) atoms. The van der Waals surface area contributed by atoms with Crippen LogP contribution in [0.4, 0.5) is 0 Å². The third-order valence-corrected chi connectivity index (χ3v) is 5.79. The number of nitrogens with zero attached hydrogens (tertiary/aromatic N) is 2. The fourth-order valence-electron chi connectivity index (χ4n) is 4.30. The zero-order valence-corrected chi connectivity index (χ0v) is 16.6. The summed E-state index contributed by atoms with van der Waals surface area (Å²) < 4.78 is 11.4. The van der Waals surface area contributed by atoms with Crippen LogP contribution in [0.25, 0.3) is 17.1 Å². The van der Waals surface area contributed by atoms with Crippen LogP contribution < -0.4 is 14.8 Å². The number of rotatable bonds is 4. The van der Waals surface area contributed by atoms with Crippen molar-refractivity contribution in [2.45, 2.75) is 31.2 Å². The zero-order chi connectivity index (χ0) is 20.4. The Labute approximate surface area is 174 Å². The third-order valence-electron chi connectivity index (χ3n) is 5.79. The van der Waals surface area contributed by atoms with Crippen molar-refractivity contribution in [3.05, 3.63) is 66.0 Å². The molecular weight excluding hydrogens is 378 g/mol. The van der Waals surface area contributed by atoms with E-state index >= 15 is 0 Å². The topological polar surface area (TPSA) is 73.3 Å². The number of aromatic nitrogens is 2. The molecule has 3 aromatic rings. The van der Waals surface area contributed by atoms with Gasteiger partial charge in [-0.25, -0.2) is 4.98 Å². The molecule has 6 nitrogen and oxygen atoms in total. The van der Waals surface area contributed by atoms with Gasteiger partial charge in [0.15, 0.2) is 11.5 Å². The predicted molar refractivity (Wildman–Crippen MR) is 114 cm³/mol. The highest BCUT2D eigenvalue weighted by atomic mass is 16.6. The van der Waals surface area contributed by atoms with Gasteiger partial charge in [-0.2, -0.15) is 0 Å². The fraction of sp³-hybridized carbons (Fsp3) is 0.292. The maximum absolute atomic E-state index is 12.8. The molecule has 2 heterocycles. The monoisotopic (exact) mass is 401 g/mol. The second-order valence-electron chi connectivity index (χ2n) is 7.75. The van der Waals surface area contributed by atoms with E-state index < -0.39 is 0 Å². The molecule has 6 heteroatoms. The highest BCUT2D eigenvalue weighted by molar-refractivity contribution is 5.92. The number of ether oxygens (including phenoxy) is 2. The van der Waals surface area contributed by atoms with Crippen molar-refractivity contribution in [3.8, 4) is 11.5 Å². The van der Waals surface area contributed by atoms with Crippen LogP contribution in [0.5, 0.6) is 11.5 Å². The Morgan fingerprint density at radius 2 is 1.77 bits per heavy atom. The number of amides is 1. The van der Waals surface area contributed by atoms with Crippen molar-refractivity contribution in [1.82, 2.24) is 15.3 Å². The molecule has 0 bridgehead atoms. The van der Waals surface area contributed by atoms with Crippen molar-refractivity contribution in [1.29, 1.82) is 0 Å². The summed E-state index contributed by atoms with van der Waals surface area (Å²) in [6, 6.07) is 13.7. The number of nitrogens with one attached hydrogen (secondary N) is 1. The highest BCUT2D eigenvalue weighted by Gasteiger charge is 2.37. The molecule has 0 unspecified atom stereocenters. The largest absolute Gasteiger partial charge is 0.486 e. The van der Waals surface area contributed by atoms with Gasteiger partial charge >= 0.3 is 0 Å². The zero-order valence-electron chi connectivity index (χ0n) is 16.6. The minimum Gasteiger partial charge on any atom is -0.486 e. The number of para-hydroxylation sites is 2. The molecule has 1 amide bonds. The van der Waals surface area contributed by atoms with E-state index in [1.165, 1.54) is 6.08 Å². The summed E-state index contributed by atoms with van der Waals surface area (Å²) in [6.07, 6.45) is 8.89. The predicted octanol–water partition coefficient (Wildman–Crippen LogP) is 4.00. The van der Waals surface area contributed by atoms with Crippen LogP contribution in [0.2, 0.25) is 0 Å². The molecule has 0 atom stereocenters. The molecule has 1 N–H and O–H groups in total. The molecule has 1 fully saturated rings. The van der Waals surface area contributed by atoms with E-state index in [4.69, 9.17) is 9.47 Å². The van der Waals surface area contributed by atoms with Gasteiger partial charge in [-0.1, -0.05) is 31.0 Å². The van der Waals surface area contributed by atoms with Crippen LogP contribution in [0, 0.1) is 0 Å². The van der Waals surface area contributed by atoms with Crippen molar-refractivity contribution < 1.29 is 14.3 Å². The van der Waals surface area contributed by atoms with Gasteiger partial charge in [0.2, 0.25) is 5.91 Å². The van der Waals surface area contributed by atoms with Gasteiger partial charge < -0.3 is 14.8 Å². The van der Waals surface area contributed by atoms with Crippen molar-refractivity contribution in [2.75, 3.05) is 13.2 Å². The van der Waals surface area contributed by atoms with Crippen LogP contribution in [0.3, 0.4) is 0 Å². The van der Waals surface area contributed by atoms with E-state index in [1.807, 2.05) is 42.5 Å². The molecule has 0 radical (unpaired) electrons. The molecular formula is C24H23N3O3. The van der Waals surface area contributed by atoms with E-state index in [9.17, 15) is 4.79 Å². The van der Waals surface area contributed by atoms with Gasteiger partial charge in [0.1, 0.15) is 13.2 Å². The number of benzene rings is 2. The lowest BCUT2D eigenvalue weighted by molar-refractivity contribution is -0.118. The van der Waals surface area contributed by atoms with E-state index in [0.29, 0.717) is 18.9 Å². The molecule has 1 saturated carbocycles. The summed E-state index contributed by atoms with van der Waals surface area (Å²) in [4.78, 5) is 21.7. The summed E-state index contributed by atoms with van der Waals surface area (Å²) in [7, 11) is 0. The standard InChI is InChI=1S/C24H23N3O3/c28-23(10-8-18-16-25-19-5-1-2-6-20(19)26-18)27-24(11-3-4-12-24)17-7-9-21-22(15-17)30-14-13-29-21/h1-2,5-10,15-16H,3-4,11-14H2,(H,27,28)/b10-8+. The van der Waals surface area contributed by atoms with E-state index in [0.717, 1.165) is 53.8 Å². The summed E-state index contributed by atoms with van der Waals surface area (Å²) >= 11 is 0. The Morgan fingerprint density at radius 1 is 1.00 bits per heavy atom. The molecule has 5 rings (SSSR count). The SMILES string of the molecule is O=C(/C=C/c1cnc2ccccc2n1)NC1(c2ccc3c(c2)OCCO3)CCCC1. The maximum Gasteiger partial charge on any atom is 0.244 e. The molecule has 0 spiro atoms. The molecule has 152 valence electrons. The van der Waals surface area contributed by atoms with Crippen LogP contribution in [-0.2, 0) is 10.3 Å². The van der Waals surface area contributed by atoms with Crippen molar-refractivity contribution >= 4 is 23.0 Å². The first kappa shape index (κ1) is 18.6. The number of hydrogen-bond acceptors (Lipinski definition) is 5. The lowest BCUT2D eigenvalue weighted by Crippen LogP contribution is -2.43. The van der Waals surface area contributed by atoms with E-state index in [-0.39, 0.29) is 11.4 Å². The Balaban J connectivity index is 1.36. The highest BCUT2D eigenvalue weighted by Crippen LogP contribution is 2.42. The van der Waals surface area contributed by atoms with Gasteiger partial charge in [0, 0.05) is 6.08 Å². The van der Waals surface area contributed by atoms with Crippen molar-refractivity contribution in [3.63, 3.8) is 0 Å². The molecule has 2 aliphatic rings. The Kier molecular flexibility index (Phi) is 4.83. The maximum atomic E-state index is 12.8. The summed E-state index contributed by atoms with van der Waals surface area (Å²) in [5.41, 5.74) is 2.98. The second kappa shape index (κ2) is 7.78. The first-order valence-corrected chi connectivity index (χ1v) is 10.3. The number of fused-ring (bicyclic) bond motifs is 2. The fourth-order valence-corrected chi connectivity index (χ4v) is 4.30. The number of carbonyl (C=O) groups is 1. The Bertz CT molecular complexity index is 1120. The Morgan fingerprint density at radius 3 is 2.60 bits per heavy atom. The van der Waals surface area contributed by atoms with Crippen molar-refractivity contribution in [2.24, 2.45) is 0 Å². The van der Waals surface area contributed by atoms with Crippen LogP contribution >= 0.6 is 0 Å². The average molecular weight is 401 g/mol. The minimum atomic E-state index is -0.383. The lowest BCUT2D eigenvalue weighted by Gasteiger charge is -2.31. The van der Waals surface area contributed by atoms with Crippen LogP contribution in [0.1, 0.15) is 36.9 Å². The molecule has 1 aliphatic heterocycles. The van der Waals surface area contributed by atoms with Gasteiger partial charge in [0.25, 0.3) is 0 Å². The molecule has 2 aromatic carbocycles. The van der Waals surface area contributed by atoms with Crippen LogP contribution in [0.15, 0.2) is 54.7 Å². The van der Waals surface area contributed by atoms with Gasteiger partial charge in [-0.3, -0.25) is 9.78 Å². The lowest BCUT2D eigenvalue weighted by atomic mass is 9.87. The Hall–Kier alpha value is -3.41. The van der Waals surface area contributed by atoms with Crippen LogP contribution in [-0.4, -0.2) is 29.1 Å². The molecule has 0 saturated heterocycles. The average Bonchev–Trinajstić information content (AvgIpc) is 3.27. The third kappa shape index (κ3) is 3.61. The summed E-state index contributed by atoms with van der Waals surface area (Å²) in [6.45, 7) is 1.11.